The van der Waals surface area contributed by atoms with Crippen LogP contribution in [0.2, 0.25) is 0 Å². The summed E-state index contributed by atoms with van der Waals surface area (Å²) in [5, 5.41) is 0. The van der Waals surface area contributed by atoms with Crippen LogP contribution in [0.1, 0.15) is 13.8 Å². The van der Waals surface area contributed by atoms with E-state index in [4.69, 9.17) is 5.73 Å². The maximum Gasteiger partial charge on any atom is 0.236 e. The molecule has 1 saturated heterocycles. The summed E-state index contributed by atoms with van der Waals surface area (Å²) in [7, 11) is 1.86. The highest BCUT2D eigenvalue weighted by Crippen LogP contribution is 2.15. The molecule has 1 aliphatic heterocycles. The van der Waals surface area contributed by atoms with Crippen LogP contribution in [0.5, 0.6) is 0 Å². The van der Waals surface area contributed by atoms with Crippen molar-refractivity contribution in [1.82, 2.24) is 14.8 Å². The van der Waals surface area contributed by atoms with Crippen molar-refractivity contribution in [3.8, 4) is 0 Å². The lowest BCUT2D eigenvalue weighted by Gasteiger charge is -2.36. The molecule has 2 N–H and O–H groups in total. The summed E-state index contributed by atoms with van der Waals surface area (Å²) in [5.41, 5.74) is 5.71. The SMILES string of the molecule is CN(CC(C)(C)CN)C(=O)CN1CCN(c2ccccn2)CC1.Cl.Cl. The molecule has 0 radical (unpaired) electrons. The molecule has 1 fully saturated rings. The minimum Gasteiger partial charge on any atom is -0.354 e. The molecule has 8 heteroatoms. The van der Waals surface area contributed by atoms with E-state index < -0.39 is 0 Å². The summed E-state index contributed by atoms with van der Waals surface area (Å²) in [6.45, 7) is 9.50. The van der Waals surface area contributed by atoms with E-state index in [0.29, 0.717) is 19.6 Å². The van der Waals surface area contributed by atoms with Crippen molar-refractivity contribution in [2.45, 2.75) is 13.8 Å². The van der Waals surface area contributed by atoms with Gasteiger partial charge in [0.25, 0.3) is 0 Å². The van der Waals surface area contributed by atoms with Gasteiger partial charge in [-0.15, -0.1) is 24.8 Å². The Labute approximate surface area is 163 Å². The van der Waals surface area contributed by atoms with E-state index in [0.717, 1.165) is 32.0 Å². The largest absolute Gasteiger partial charge is 0.354 e. The highest BCUT2D eigenvalue weighted by atomic mass is 35.5. The molecule has 1 aliphatic rings. The van der Waals surface area contributed by atoms with Gasteiger partial charge >= 0.3 is 0 Å². The van der Waals surface area contributed by atoms with E-state index in [1.165, 1.54) is 0 Å². The van der Waals surface area contributed by atoms with Gasteiger partial charge in [-0.3, -0.25) is 9.69 Å². The van der Waals surface area contributed by atoms with Gasteiger partial charge in [0.1, 0.15) is 5.82 Å². The Bertz CT molecular complexity index is 507. The lowest BCUT2D eigenvalue weighted by atomic mass is 9.93. The Morgan fingerprint density at radius 3 is 2.40 bits per heavy atom. The number of amides is 1. The topological polar surface area (TPSA) is 65.7 Å². The first-order valence-corrected chi connectivity index (χ1v) is 8.24. The fraction of sp³-hybridized carbons (Fsp3) is 0.647. The molecule has 0 atom stereocenters. The monoisotopic (exact) mass is 391 g/mol. The zero-order valence-electron chi connectivity index (χ0n) is 15.4. The van der Waals surface area contributed by atoms with Crippen LogP contribution in [0.4, 0.5) is 5.82 Å². The first-order chi connectivity index (χ1) is 10.9. The van der Waals surface area contributed by atoms with Gasteiger partial charge in [0.15, 0.2) is 0 Å². The maximum atomic E-state index is 12.4. The predicted octanol–water partition coefficient (Wildman–Crippen LogP) is 1.49. The molecule has 2 rings (SSSR count). The Morgan fingerprint density at radius 2 is 1.88 bits per heavy atom. The minimum absolute atomic E-state index is 0. The summed E-state index contributed by atoms with van der Waals surface area (Å²) in [6.07, 6.45) is 1.82. The van der Waals surface area contributed by atoms with E-state index in [1.807, 2.05) is 31.4 Å². The fourth-order valence-electron chi connectivity index (χ4n) is 2.78. The van der Waals surface area contributed by atoms with Crippen molar-refractivity contribution in [2.75, 3.05) is 57.8 Å². The molecule has 6 nitrogen and oxygen atoms in total. The molecule has 0 unspecified atom stereocenters. The molecule has 1 amide bonds. The first kappa shape index (κ1) is 23.9. The number of anilines is 1. The quantitative estimate of drug-likeness (QED) is 0.795. The molecule has 0 bridgehead atoms. The number of hydrogen-bond acceptors (Lipinski definition) is 5. The third kappa shape index (κ3) is 7.36. The third-order valence-corrected chi connectivity index (χ3v) is 4.35. The van der Waals surface area contributed by atoms with Crippen LogP contribution in [-0.2, 0) is 4.79 Å². The summed E-state index contributed by atoms with van der Waals surface area (Å²) in [6, 6.07) is 5.97. The van der Waals surface area contributed by atoms with Crippen LogP contribution in [0.3, 0.4) is 0 Å². The number of nitrogens with zero attached hydrogens (tertiary/aromatic N) is 4. The zero-order chi connectivity index (χ0) is 16.9. The predicted molar refractivity (Wildman–Crippen MR) is 108 cm³/mol. The Morgan fingerprint density at radius 1 is 1.24 bits per heavy atom. The number of carbonyl (C=O) groups excluding carboxylic acids is 1. The van der Waals surface area contributed by atoms with Crippen LogP contribution in [0.25, 0.3) is 0 Å². The Hall–Kier alpha value is -1.08. The van der Waals surface area contributed by atoms with Crippen molar-refractivity contribution < 1.29 is 4.79 Å². The lowest BCUT2D eigenvalue weighted by molar-refractivity contribution is -0.132. The van der Waals surface area contributed by atoms with Gasteiger partial charge in [0.2, 0.25) is 5.91 Å². The van der Waals surface area contributed by atoms with Gasteiger partial charge < -0.3 is 15.5 Å². The third-order valence-electron chi connectivity index (χ3n) is 4.35. The maximum absolute atomic E-state index is 12.4. The van der Waals surface area contributed by atoms with E-state index in [1.54, 1.807) is 4.90 Å². The summed E-state index contributed by atoms with van der Waals surface area (Å²) in [4.78, 5) is 23.0. The number of halogens is 2. The smallest absolute Gasteiger partial charge is 0.236 e. The molecule has 2 heterocycles. The van der Waals surface area contributed by atoms with Gasteiger partial charge in [0.05, 0.1) is 6.54 Å². The number of aromatic nitrogens is 1. The second kappa shape index (κ2) is 10.8. The number of rotatable bonds is 6. The highest BCUT2D eigenvalue weighted by Gasteiger charge is 2.24. The Kier molecular flexibility index (Phi) is 10.3. The summed E-state index contributed by atoms with van der Waals surface area (Å²) >= 11 is 0. The van der Waals surface area contributed by atoms with E-state index in [9.17, 15) is 4.79 Å². The standard InChI is InChI=1S/C17H29N5O.2ClH/c1-17(2,13-18)14-20(3)16(23)12-21-8-10-22(11-9-21)15-6-4-5-7-19-15;;/h4-7H,8-14,18H2,1-3H3;2*1H. The normalized spacial score (nSPS) is 15.1. The number of piperazine rings is 1. The molecular formula is C17H31Cl2N5O. The molecule has 0 aromatic carbocycles. The van der Waals surface area contributed by atoms with Crippen molar-refractivity contribution in [2.24, 2.45) is 11.1 Å². The Balaban J connectivity index is 0.00000288. The van der Waals surface area contributed by atoms with Crippen molar-refractivity contribution in [3.63, 3.8) is 0 Å². The fourth-order valence-corrected chi connectivity index (χ4v) is 2.78. The molecule has 144 valence electrons. The van der Waals surface area contributed by atoms with Crippen LogP contribution >= 0.6 is 24.8 Å². The molecule has 0 aliphatic carbocycles. The lowest BCUT2D eigenvalue weighted by Crippen LogP contribution is -2.51. The van der Waals surface area contributed by atoms with E-state index >= 15 is 0 Å². The van der Waals surface area contributed by atoms with Crippen LogP contribution < -0.4 is 10.6 Å². The number of carbonyl (C=O) groups is 1. The van der Waals surface area contributed by atoms with Crippen molar-refractivity contribution in [1.29, 1.82) is 0 Å². The highest BCUT2D eigenvalue weighted by molar-refractivity contribution is 5.85. The number of nitrogens with two attached hydrogens (primary N) is 1. The molecule has 25 heavy (non-hydrogen) atoms. The zero-order valence-corrected chi connectivity index (χ0v) is 17.0. The molecule has 1 aromatic rings. The number of hydrogen-bond donors (Lipinski definition) is 1. The molecular weight excluding hydrogens is 361 g/mol. The molecule has 0 saturated carbocycles. The van der Waals surface area contributed by atoms with Crippen LogP contribution in [0, 0.1) is 5.41 Å². The van der Waals surface area contributed by atoms with E-state index in [-0.39, 0.29) is 36.1 Å². The van der Waals surface area contributed by atoms with Crippen molar-refractivity contribution in [3.05, 3.63) is 24.4 Å². The van der Waals surface area contributed by atoms with Gasteiger partial charge in [-0.25, -0.2) is 4.98 Å². The van der Waals surface area contributed by atoms with E-state index in [2.05, 4.69) is 28.6 Å². The van der Waals surface area contributed by atoms with Crippen molar-refractivity contribution >= 4 is 36.5 Å². The average molecular weight is 392 g/mol. The van der Waals surface area contributed by atoms with Gasteiger partial charge in [-0.2, -0.15) is 0 Å². The average Bonchev–Trinajstić information content (AvgIpc) is 2.56. The van der Waals surface area contributed by atoms with Crippen LogP contribution in [-0.4, -0.2) is 73.6 Å². The summed E-state index contributed by atoms with van der Waals surface area (Å²) < 4.78 is 0. The summed E-state index contributed by atoms with van der Waals surface area (Å²) in [5.74, 6) is 1.18. The van der Waals surface area contributed by atoms with Gasteiger partial charge in [0, 0.05) is 46.0 Å². The second-order valence-corrected chi connectivity index (χ2v) is 7.07. The van der Waals surface area contributed by atoms with Gasteiger partial charge in [-0.05, 0) is 24.1 Å². The minimum atomic E-state index is -0.0396. The first-order valence-electron chi connectivity index (χ1n) is 8.24. The number of likely N-dealkylation sites (N-methyl/N-ethyl adjacent to an activating group) is 1. The number of pyridine rings is 1. The van der Waals surface area contributed by atoms with Gasteiger partial charge in [-0.1, -0.05) is 19.9 Å². The molecule has 1 aromatic heterocycles. The molecule has 0 spiro atoms. The second-order valence-electron chi connectivity index (χ2n) is 7.07. The van der Waals surface area contributed by atoms with Crippen LogP contribution in [0.15, 0.2) is 24.4 Å².